The zero-order valence-electron chi connectivity index (χ0n) is 14.4. The molecule has 2 atom stereocenters. The van der Waals surface area contributed by atoms with Crippen molar-refractivity contribution in [2.24, 2.45) is 5.92 Å². The number of aromatic nitrogens is 2. The summed E-state index contributed by atoms with van der Waals surface area (Å²) in [6.45, 7) is 9.76. The molecule has 1 amide bonds. The van der Waals surface area contributed by atoms with Crippen molar-refractivity contribution in [2.45, 2.75) is 53.0 Å². The molecule has 0 aliphatic rings. The number of amides is 1. The van der Waals surface area contributed by atoms with E-state index in [1.807, 2.05) is 27.7 Å². The van der Waals surface area contributed by atoms with Gasteiger partial charge in [-0.05, 0) is 24.8 Å². The van der Waals surface area contributed by atoms with Crippen molar-refractivity contribution in [1.82, 2.24) is 15.5 Å². The van der Waals surface area contributed by atoms with E-state index in [9.17, 15) is 9.90 Å². The van der Waals surface area contributed by atoms with Gasteiger partial charge in [0.15, 0.2) is 0 Å². The lowest BCUT2D eigenvalue weighted by Crippen LogP contribution is -2.42. The van der Waals surface area contributed by atoms with Crippen LogP contribution in [0.1, 0.15) is 61.8 Å². The molecule has 0 aromatic carbocycles. The standard InChI is InChI=1S/C17H25N3O3/c1-6-10(4)14(8-21)18-16(22)12-7-13(9(2)3)19-17-15(12)11(5)20-23-17/h7,9-10,14,21H,6,8H2,1-5H3,(H,18,22). The quantitative estimate of drug-likeness (QED) is 0.854. The summed E-state index contributed by atoms with van der Waals surface area (Å²) in [7, 11) is 0. The maximum Gasteiger partial charge on any atom is 0.259 e. The van der Waals surface area contributed by atoms with E-state index in [4.69, 9.17) is 4.52 Å². The number of nitrogens with zero attached hydrogens (tertiary/aromatic N) is 2. The minimum Gasteiger partial charge on any atom is -0.394 e. The fourth-order valence-electron chi connectivity index (χ4n) is 2.49. The SMILES string of the molecule is CCC(C)C(CO)NC(=O)c1cc(C(C)C)nc2onc(C)c12. The number of carbonyl (C=O) groups is 1. The van der Waals surface area contributed by atoms with Gasteiger partial charge < -0.3 is 14.9 Å². The monoisotopic (exact) mass is 319 g/mol. The van der Waals surface area contributed by atoms with Crippen LogP contribution in [0.5, 0.6) is 0 Å². The van der Waals surface area contributed by atoms with Crippen LogP contribution in [-0.2, 0) is 0 Å². The molecule has 6 heteroatoms. The zero-order chi connectivity index (χ0) is 17.1. The van der Waals surface area contributed by atoms with Crippen LogP contribution in [-0.4, -0.2) is 33.8 Å². The summed E-state index contributed by atoms with van der Waals surface area (Å²) in [6.07, 6.45) is 0.876. The summed E-state index contributed by atoms with van der Waals surface area (Å²) < 4.78 is 5.24. The van der Waals surface area contributed by atoms with Crippen molar-refractivity contribution >= 4 is 17.0 Å². The molecule has 23 heavy (non-hydrogen) atoms. The number of nitrogens with one attached hydrogen (secondary N) is 1. The van der Waals surface area contributed by atoms with Gasteiger partial charge in [-0.25, -0.2) is 4.98 Å². The number of hydrogen-bond donors (Lipinski definition) is 2. The normalized spacial score (nSPS) is 14.2. The first-order valence-corrected chi connectivity index (χ1v) is 8.07. The minimum absolute atomic E-state index is 0.0887. The highest BCUT2D eigenvalue weighted by atomic mass is 16.5. The highest BCUT2D eigenvalue weighted by molar-refractivity contribution is 6.06. The highest BCUT2D eigenvalue weighted by Gasteiger charge is 2.23. The first-order chi connectivity index (χ1) is 10.9. The van der Waals surface area contributed by atoms with Gasteiger partial charge in [-0.15, -0.1) is 0 Å². The number of hydrogen-bond acceptors (Lipinski definition) is 5. The molecule has 2 rings (SSSR count). The summed E-state index contributed by atoms with van der Waals surface area (Å²) in [5.41, 5.74) is 2.29. The van der Waals surface area contributed by atoms with Gasteiger partial charge in [-0.3, -0.25) is 4.79 Å². The Hall–Kier alpha value is -1.95. The molecular formula is C17H25N3O3. The van der Waals surface area contributed by atoms with Crippen LogP contribution in [0, 0.1) is 12.8 Å². The topological polar surface area (TPSA) is 88.2 Å². The van der Waals surface area contributed by atoms with E-state index in [2.05, 4.69) is 15.5 Å². The van der Waals surface area contributed by atoms with Gasteiger partial charge in [-0.1, -0.05) is 39.3 Å². The Bertz CT molecular complexity index is 694. The second kappa shape index (κ2) is 7.08. The fraction of sp³-hybridized carbons (Fsp3) is 0.588. The van der Waals surface area contributed by atoms with Crippen LogP contribution >= 0.6 is 0 Å². The van der Waals surface area contributed by atoms with Gasteiger partial charge in [0.2, 0.25) is 0 Å². The van der Waals surface area contributed by atoms with Gasteiger partial charge in [0.1, 0.15) is 0 Å². The predicted molar refractivity (Wildman–Crippen MR) is 88.4 cm³/mol. The maximum absolute atomic E-state index is 12.8. The number of aryl methyl sites for hydroxylation is 1. The molecule has 2 aromatic heterocycles. The average Bonchev–Trinajstić information content (AvgIpc) is 2.92. The summed E-state index contributed by atoms with van der Waals surface area (Å²) >= 11 is 0. The Morgan fingerprint density at radius 3 is 2.65 bits per heavy atom. The van der Waals surface area contributed by atoms with Gasteiger partial charge in [0.25, 0.3) is 11.6 Å². The number of aliphatic hydroxyl groups is 1. The van der Waals surface area contributed by atoms with Crippen molar-refractivity contribution in [3.05, 3.63) is 23.0 Å². The summed E-state index contributed by atoms with van der Waals surface area (Å²) in [5, 5.41) is 17.0. The predicted octanol–water partition coefficient (Wildman–Crippen LogP) is 2.79. The number of fused-ring (bicyclic) bond motifs is 1. The molecule has 0 bridgehead atoms. The molecule has 2 unspecified atom stereocenters. The average molecular weight is 319 g/mol. The van der Waals surface area contributed by atoms with Crippen LogP contribution < -0.4 is 5.32 Å². The third-order valence-corrected chi connectivity index (χ3v) is 4.32. The lowest BCUT2D eigenvalue weighted by molar-refractivity contribution is 0.0893. The molecule has 6 nitrogen and oxygen atoms in total. The van der Waals surface area contributed by atoms with Crippen LogP contribution in [0.25, 0.3) is 11.1 Å². The van der Waals surface area contributed by atoms with Crippen LogP contribution in [0.3, 0.4) is 0 Å². The van der Waals surface area contributed by atoms with Gasteiger partial charge >= 0.3 is 0 Å². The van der Waals surface area contributed by atoms with Crippen LogP contribution in [0.4, 0.5) is 0 Å². The number of pyridine rings is 1. The second-order valence-corrected chi connectivity index (χ2v) is 6.35. The van der Waals surface area contributed by atoms with E-state index in [0.29, 0.717) is 22.4 Å². The fourth-order valence-corrected chi connectivity index (χ4v) is 2.49. The summed E-state index contributed by atoms with van der Waals surface area (Å²) in [6, 6.07) is 1.51. The van der Waals surface area contributed by atoms with Gasteiger partial charge in [-0.2, -0.15) is 0 Å². The van der Waals surface area contributed by atoms with E-state index in [0.717, 1.165) is 12.1 Å². The van der Waals surface area contributed by atoms with Crippen LogP contribution in [0.15, 0.2) is 10.6 Å². The number of carbonyl (C=O) groups excluding carboxylic acids is 1. The van der Waals surface area contributed by atoms with Gasteiger partial charge in [0, 0.05) is 5.69 Å². The van der Waals surface area contributed by atoms with E-state index in [1.54, 1.807) is 13.0 Å². The third-order valence-electron chi connectivity index (χ3n) is 4.32. The van der Waals surface area contributed by atoms with Crippen molar-refractivity contribution in [1.29, 1.82) is 0 Å². The van der Waals surface area contributed by atoms with E-state index < -0.39 is 0 Å². The van der Waals surface area contributed by atoms with Crippen molar-refractivity contribution < 1.29 is 14.4 Å². The molecular weight excluding hydrogens is 294 g/mol. The Balaban J connectivity index is 2.44. The lowest BCUT2D eigenvalue weighted by Gasteiger charge is -2.22. The molecule has 0 radical (unpaired) electrons. The number of aliphatic hydroxyl groups excluding tert-OH is 1. The largest absolute Gasteiger partial charge is 0.394 e. The molecule has 0 aliphatic heterocycles. The molecule has 2 N–H and O–H groups in total. The molecule has 2 heterocycles. The molecule has 0 saturated heterocycles. The minimum atomic E-state index is -0.279. The van der Waals surface area contributed by atoms with E-state index >= 15 is 0 Å². The Morgan fingerprint density at radius 1 is 1.39 bits per heavy atom. The lowest BCUT2D eigenvalue weighted by atomic mass is 9.98. The summed E-state index contributed by atoms with van der Waals surface area (Å²) in [4.78, 5) is 17.2. The first-order valence-electron chi connectivity index (χ1n) is 8.07. The Labute approximate surface area is 136 Å². The molecule has 0 aliphatic carbocycles. The van der Waals surface area contributed by atoms with Crippen molar-refractivity contribution in [2.75, 3.05) is 6.61 Å². The Morgan fingerprint density at radius 2 is 2.09 bits per heavy atom. The highest BCUT2D eigenvalue weighted by Crippen LogP contribution is 2.25. The van der Waals surface area contributed by atoms with E-state index in [1.165, 1.54) is 0 Å². The number of rotatable bonds is 6. The second-order valence-electron chi connectivity index (χ2n) is 6.35. The molecule has 0 spiro atoms. The molecule has 2 aromatic rings. The van der Waals surface area contributed by atoms with Gasteiger partial charge in [0.05, 0.1) is 29.3 Å². The molecule has 126 valence electrons. The Kier molecular flexibility index (Phi) is 5.36. The third kappa shape index (κ3) is 3.52. The maximum atomic E-state index is 12.8. The summed E-state index contributed by atoms with van der Waals surface area (Å²) in [5.74, 6) is 0.124. The van der Waals surface area contributed by atoms with E-state index in [-0.39, 0.29) is 30.4 Å². The van der Waals surface area contributed by atoms with Crippen LogP contribution in [0.2, 0.25) is 0 Å². The molecule has 0 fully saturated rings. The molecule has 0 saturated carbocycles. The van der Waals surface area contributed by atoms with Crippen molar-refractivity contribution in [3.63, 3.8) is 0 Å². The first kappa shape index (κ1) is 17.4. The zero-order valence-corrected chi connectivity index (χ0v) is 14.4. The van der Waals surface area contributed by atoms with Crippen molar-refractivity contribution in [3.8, 4) is 0 Å². The smallest absolute Gasteiger partial charge is 0.259 e.